The average molecular weight is 355 g/mol. The first-order chi connectivity index (χ1) is 12.6. The number of nitrogens with one attached hydrogen (secondary N) is 1. The van der Waals surface area contributed by atoms with Gasteiger partial charge in [0.15, 0.2) is 0 Å². The van der Waals surface area contributed by atoms with Crippen molar-refractivity contribution in [3.63, 3.8) is 0 Å². The van der Waals surface area contributed by atoms with Gasteiger partial charge in [-0.25, -0.2) is 0 Å². The lowest BCUT2D eigenvalue weighted by atomic mass is 10.1. The molecule has 2 heterocycles. The van der Waals surface area contributed by atoms with Gasteiger partial charge in [0.25, 0.3) is 0 Å². The molecule has 2 aliphatic heterocycles. The summed E-state index contributed by atoms with van der Waals surface area (Å²) >= 11 is 0. The molecule has 1 N–H and O–H groups in total. The Kier molecular flexibility index (Phi) is 4.42. The van der Waals surface area contributed by atoms with Crippen LogP contribution in [0.4, 0.5) is 11.4 Å². The van der Waals surface area contributed by atoms with E-state index < -0.39 is 0 Å². The number of carbonyl (C=O) groups excluding carboxylic acids is 3. The van der Waals surface area contributed by atoms with Gasteiger partial charge in [-0.2, -0.15) is 0 Å². The van der Waals surface area contributed by atoms with E-state index in [2.05, 4.69) is 5.32 Å². The molecule has 0 radical (unpaired) electrons. The first kappa shape index (κ1) is 17.1. The zero-order chi connectivity index (χ0) is 18.3. The molecule has 0 spiro atoms. The summed E-state index contributed by atoms with van der Waals surface area (Å²) in [4.78, 5) is 40.3. The topological polar surface area (TPSA) is 69.7 Å². The van der Waals surface area contributed by atoms with E-state index in [0.717, 1.165) is 29.9 Å². The van der Waals surface area contributed by atoms with Crippen LogP contribution in [0, 0.1) is 11.8 Å². The van der Waals surface area contributed by atoms with Crippen LogP contribution in [-0.4, -0.2) is 37.4 Å². The number of benzene rings is 1. The Balaban J connectivity index is 1.45. The molecule has 6 heteroatoms. The summed E-state index contributed by atoms with van der Waals surface area (Å²) in [6.07, 6.45) is 3.96. The van der Waals surface area contributed by atoms with E-state index in [1.54, 1.807) is 4.90 Å². The molecule has 0 aromatic heterocycles. The lowest BCUT2D eigenvalue weighted by Crippen LogP contribution is -2.34. The number of hydrogen-bond donors (Lipinski definition) is 1. The Morgan fingerprint density at radius 1 is 1.27 bits per heavy atom. The van der Waals surface area contributed by atoms with Crippen LogP contribution >= 0.6 is 0 Å². The maximum Gasteiger partial charge on any atom is 0.227 e. The van der Waals surface area contributed by atoms with Crippen LogP contribution in [0.25, 0.3) is 0 Å². The van der Waals surface area contributed by atoms with Gasteiger partial charge in [0.05, 0.1) is 5.92 Å². The standard InChI is InChI=1S/C20H25N3O3/c1-2-18(24)22-8-7-14-9-16(5-6-17(14)22)23-12-15(10-19(23)25)20(26)21-11-13-3-4-13/h5-6,9,13,15H,2-4,7-8,10-12H2,1H3,(H,21,26). The molecule has 0 bridgehead atoms. The third-order valence-corrected chi connectivity index (χ3v) is 5.63. The third-order valence-electron chi connectivity index (χ3n) is 5.63. The number of rotatable bonds is 5. The molecule has 3 aliphatic rings. The van der Waals surface area contributed by atoms with E-state index in [4.69, 9.17) is 0 Å². The van der Waals surface area contributed by atoms with E-state index in [1.165, 1.54) is 12.8 Å². The Morgan fingerprint density at radius 2 is 2.08 bits per heavy atom. The van der Waals surface area contributed by atoms with Crippen LogP contribution in [0.3, 0.4) is 0 Å². The highest BCUT2D eigenvalue weighted by Gasteiger charge is 2.36. The van der Waals surface area contributed by atoms with Crippen LogP contribution in [0.2, 0.25) is 0 Å². The second-order valence-electron chi connectivity index (χ2n) is 7.56. The van der Waals surface area contributed by atoms with Gasteiger partial charge in [0.2, 0.25) is 17.7 Å². The Bertz CT molecular complexity index is 757. The smallest absolute Gasteiger partial charge is 0.227 e. The summed E-state index contributed by atoms with van der Waals surface area (Å²) < 4.78 is 0. The number of hydrogen-bond acceptors (Lipinski definition) is 3. The largest absolute Gasteiger partial charge is 0.356 e. The van der Waals surface area contributed by atoms with Crippen molar-refractivity contribution >= 4 is 29.1 Å². The third kappa shape index (κ3) is 3.20. The van der Waals surface area contributed by atoms with Crippen LogP contribution in [0.5, 0.6) is 0 Å². The van der Waals surface area contributed by atoms with Crippen LogP contribution in [0.15, 0.2) is 18.2 Å². The summed E-state index contributed by atoms with van der Waals surface area (Å²) in [5.41, 5.74) is 2.88. The second kappa shape index (κ2) is 6.74. The van der Waals surface area contributed by atoms with Crippen molar-refractivity contribution in [3.05, 3.63) is 23.8 Å². The van der Waals surface area contributed by atoms with Gasteiger partial charge in [-0.1, -0.05) is 6.92 Å². The van der Waals surface area contributed by atoms with E-state index in [1.807, 2.05) is 30.0 Å². The summed E-state index contributed by atoms with van der Waals surface area (Å²) in [5.74, 6) is 0.483. The summed E-state index contributed by atoms with van der Waals surface area (Å²) in [5, 5.41) is 2.98. The molecule has 1 saturated heterocycles. The van der Waals surface area contributed by atoms with Crippen LogP contribution < -0.4 is 15.1 Å². The minimum atomic E-state index is -0.271. The van der Waals surface area contributed by atoms with Crippen molar-refractivity contribution in [1.82, 2.24) is 5.32 Å². The summed E-state index contributed by atoms with van der Waals surface area (Å²) in [6, 6.07) is 5.82. The lowest BCUT2D eigenvalue weighted by Gasteiger charge is -2.20. The normalized spacial score (nSPS) is 21.9. The molecule has 2 fully saturated rings. The van der Waals surface area contributed by atoms with Gasteiger partial charge in [-0.3, -0.25) is 14.4 Å². The van der Waals surface area contributed by atoms with Crippen molar-refractivity contribution in [2.45, 2.75) is 39.0 Å². The van der Waals surface area contributed by atoms with Crippen molar-refractivity contribution in [2.24, 2.45) is 11.8 Å². The minimum Gasteiger partial charge on any atom is -0.356 e. The number of nitrogens with zero attached hydrogens (tertiary/aromatic N) is 2. The van der Waals surface area contributed by atoms with Crippen molar-refractivity contribution in [2.75, 3.05) is 29.4 Å². The highest BCUT2D eigenvalue weighted by molar-refractivity contribution is 6.01. The molecule has 1 aromatic carbocycles. The molecule has 1 aliphatic carbocycles. The number of amides is 3. The molecule has 1 atom stereocenters. The predicted molar refractivity (Wildman–Crippen MR) is 99.0 cm³/mol. The molecular weight excluding hydrogens is 330 g/mol. The summed E-state index contributed by atoms with van der Waals surface area (Å²) in [6.45, 7) is 3.74. The second-order valence-corrected chi connectivity index (χ2v) is 7.56. The highest BCUT2D eigenvalue weighted by Crippen LogP contribution is 2.34. The van der Waals surface area contributed by atoms with Crippen LogP contribution in [0.1, 0.15) is 38.2 Å². The zero-order valence-corrected chi connectivity index (χ0v) is 15.2. The molecule has 138 valence electrons. The molecule has 1 aromatic rings. The van der Waals surface area contributed by atoms with E-state index in [9.17, 15) is 14.4 Å². The van der Waals surface area contributed by atoms with Gasteiger partial charge in [-0.15, -0.1) is 0 Å². The maximum absolute atomic E-state index is 12.4. The maximum atomic E-state index is 12.4. The number of carbonyl (C=O) groups is 3. The first-order valence-corrected chi connectivity index (χ1v) is 9.58. The van der Waals surface area contributed by atoms with Gasteiger partial charge in [-0.05, 0) is 48.9 Å². The first-order valence-electron chi connectivity index (χ1n) is 9.58. The molecule has 1 saturated carbocycles. The average Bonchev–Trinajstić information content (AvgIpc) is 3.26. The number of anilines is 2. The zero-order valence-electron chi connectivity index (χ0n) is 15.2. The Morgan fingerprint density at radius 3 is 2.81 bits per heavy atom. The Labute approximate surface area is 153 Å². The molecule has 1 unspecified atom stereocenters. The van der Waals surface area contributed by atoms with Gasteiger partial charge in [0, 0.05) is 43.9 Å². The van der Waals surface area contributed by atoms with Crippen molar-refractivity contribution in [1.29, 1.82) is 0 Å². The monoisotopic (exact) mass is 355 g/mol. The molecule has 4 rings (SSSR count). The highest BCUT2D eigenvalue weighted by atomic mass is 16.2. The molecule has 26 heavy (non-hydrogen) atoms. The fourth-order valence-electron chi connectivity index (χ4n) is 3.85. The fourth-order valence-corrected chi connectivity index (χ4v) is 3.85. The van der Waals surface area contributed by atoms with Crippen molar-refractivity contribution < 1.29 is 14.4 Å². The minimum absolute atomic E-state index is 0.00369. The predicted octanol–water partition coefficient (Wildman–Crippen LogP) is 1.86. The van der Waals surface area contributed by atoms with Gasteiger partial charge in [0.1, 0.15) is 0 Å². The van der Waals surface area contributed by atoms with E-state index >= 15 is 0 Å². The molecule has 3 amide bonds. The van der Waals surface area contributed by atoms with E-state index in [0.29, 0.717) is 25.4 Å². The van der Waals surface area contributed by atoms with Gasteiger partial charge < -0.3 is 15.1 Å². The summed E-state index contributed by atoms with van der Waals surface area (Å²) in [7, 11) is 0. The molecular formula is C20H25N3O3. The quantitative estimate of drug-likeness (QED) is 0.877. The number of fused-ring (bicyclic) bond motifs is 1. The molecule has 6 nitrogen and oxygen atoms in total. The van der Waals surface area contributed by atoms with E-state index in [-0.39, 0.29) is 30.1 Å². The Hall–Kier alpha value is -2.37. The van der Waals surface area contributed by atoms with Gasteiger partial charge >= 0.3 is 0 Å². The van der Waals surface area contributed by atoms with Crippen LogP contribution in [-0.2, 0) is 20.8 Å². The fraction of sp³-hybridized carbons (Fsp3) is 0.550. The SMILES string of the molecule is CCC(=O)N1CCc2cc(N3CC(C(=O)NCC4CC4)CC3=O)ccc21. The lowest BCUT2D eigenvalue weighted by molar-refractivity contribution is -0.126. The van der Waals surface area contributed by atoms with Crippen molar-refractivity contribution in [3.8, 4) is 0 Å².